The zero-order valence-electron chi connectivity index (χ0n) is 15.3. The van der Waals surface area contributed by atoms with E-state index >= 15 is 0 Å². The Labute approximate surface area is 159 Å². The van der Waals surface area contributed by atoms with Crippen molar-refractivity contribution in [1.82, 2.24) is 15.1 Å². The van der Waals surface area contributed by atoms with Crippen molar-refractivity contribution in [2.24, 2.45) is 5.92 Å². The fourth-order valence-electron chi connectivity index (χ4n) is 4.13. The summed E-state index contributed by atoms with van der Waals surface area (Å²) >= 11 is 0. The van der Waals surface area contributed by atoms with Crippen molar-refractivity contribution in [3.05, 3.63) is 88.7 Å². The number of rotatable bonds is 4. The van der Waals surface area contributed by atoms with Crippen LogP contribution in [0.2, 0.25) is 0 Å². The van der Waals surface area contributed by atoms with Gasteiger partial charge in [-0.05, 0) is 24.0 Å². The van der Waals surface area contributed by atoms with E-state index in [1.54, 1.807) is 0 Å². The molecule has 2 aromatic carbocycles. The minimum absolute atomic E-state index is 0.0726. The van der Waals surface area contributed by atoms with Gasteiger partial charge >= 0.3 is 0 Å². The van der Waals surface area contributed by atoms with Crippen molar-refractivity contribution in [3.8, 4) is 0 Å². The van der Waals surface area contributed by atoms with Crippen molar-refractivity contribution in [2.75, 3.05) is 6.54 Å². The summed E-state index contributed by atoms with van der Waals surface area (Å²) in [5, 5.41) is 8.00. The number of benzene rings is 2. The molecule has 1 amide bonds. The standard InChI is InChI=1S/C23H23N3O/c27-23(18-11-12-18)26-14-13-20-19(15-26)22(25-24-20)21(16-7-3-1-4-8-16)17-9-5-2-6-10-17/h1-10,18,21H,11-15H2,(H,24,25). The third kappa shape index (κ3) is 3.05. The Morgan fingerprint density at radius 2 is 1.63 bits per heavy atom. The molecule has 1 aliphatic heterocycles. The highest BCUT2D eigenvalue weighted by Gasteiger charge is 2.36. The molecule has 1 fully saturated rings. The van der Waals surface area contributed by atoms with Crippen molar-refractivity contribution >= 4 is 5.91 Å². The summed E-state index contributed by atoms with van der Waals surface area (Å²) in [6, 6.07) is 21.0. The highest BCUT2D eigenvalue weighted by atomic mass is 16.2. The molecular formula is C23H23N3O. The highest BCUT2D eigenvalue weighted by Crippen LogP contribution is 2.37. The molecule has 1 aromatic heterocycles. The molecule has 0 bridgehead atoms. The van der Waals surface area contributed by atoms with Gasteiger partial charge in [0.15, 0.2) is 0 Å². The number of aromatic amines is 1. The lowest BCUT2D eigenvalue weighted by atomic mass is 9.85. The number of H-pyrrole nitrogens is 1. The summed E-state index contributed by atoms with van der Waals surface area (Å²) in [7, 11) is 0. The topological polar surface area (TPSA) is 49.0 Å². The average molecular weight is 357 g/mol. The lowest BCUT2D eigenvalue weighted by Crippen LogP contribution is -2.37. The largest absolute Gasteiger partial charge is 0.338 e. The molecule has 1 N–H and O–H groups in total. The van der Waals surface area contributed by atoms with Crippen LogP contribution < -0.4 is 0 Å². The van der Waals surface area contributed by atoms with Gasteiger partial charge in [0.2, 0.25) is 5.91 Å². The predicted octanol–water partition coefficient (Wildman–Crippen LogP) is 3.88. The van der Waals surface area contributed by atoms with Gasteiger partial charge in [0, 0.05) is 36.7 Å². The molecule has 2 aliphatic rings. The number of nitrogens with zero attached hydrogens (tertiary/aromatic N) is 2. The van der Waals surface area contributed by atoms with E-state index in [0.29, 0.717) is 12.5 Å². The molecule has 0 atom stereocenters. The van der Waals surface area contributed by atoms with Crippen molar-refractivity contribution < 1.29 is 4.79 Å². The number of carbonyl (C=O) groups excluding carboxylic acids is 1. The van der Waals surface area contributed by atoms with E-state index in [-0.39, 0.29) is 11.8 Å². The van der Waals surface area contributed by atoms with E-state index in [2.05, 4.69) is 53.6 Å². The first-order valence-corrected chi connectivity index (χ1v) is 9.76. The van der Waals surface area contributed by atoms with Crippen LogP contribution in [0.5, 0.6) is 0 Å². The van der Waals surface area contributed by atoms with Crippen LogP contribution in [0.1, 0.15) is 46.8 Å². The zero-order chi connectivity index (χ0) is 18.2. The molecule has 0 saturated heterocycles. The minimum Gasteiger partial charge on any atom is -0.338 e. The Morgan fingerprint density at radius 1 is 1.00 bits per heavy atom. The summed E-state index contributed by atoms with van der Waals surface area (Å²) in [6.45, 7) is 1.47. The SMILES string of the molecule is O=C(C1CC1)N1CCc2[nH]nc(C(c3ccccc3)c3ccccc3)c2C1. The number of nitrogens with one attached hydrogen (secondary N) is 1. The molecule has 0 radical (unpaired) electrons. The van der Waals surface area contributed by atoms with Gasteiger partial charge < -0.3 is 4.90 Å². The zero-order valence-corrected chi connectivity index (χ0v) is 15.3. The van der Waals surface area contributed by atoms with Gasteiger partial charge in [0.05, 0.1) is 11.6 Å². The normalized spacial score (nSPS) is 16.4. The van der Waals surface area contributed by atoms with Crippen molar-refractivity contribution in [1.29, 1.82) is 0 Å². The van der Waals surface area contributed by atoms with Gasteiger partial charge in [-0.1, -0.05) is 60.7 Å². The number of amides is 1. The summed E-state index contributed by atoms with van der Waals surface area (Å²) in [5.41, 5.74) is 5.89. The van der Waals surface area contributed by atoms with Crippen LogP contribution in [-0.2, 0) is 17.8 Å². The van der Waals surface area contributed by atoms with Crippen molar-refractivity contribution in [3.63, 3.8) is 0 Å². The quantitative estimate of drug-likeness (QED) is 0.770. The van der Waals surface area contributed by atoms with Crippen LogP contribution in [0, 0.1) is 5.92 Å². The molecule has 27 heavy (non-hydrogen) atoms. The third-order valence-electron chi connectivity index (χ3n) is 5.74. The van der Waals surface area contributed by atoms with E-state index < -0.39 is 0 Å². The fourth-order valence-corrected chi connectivity index (χ4v) is 4.13. The Kier molecular flexibility index (Phi) is 4.04. The average Bonchev–Trinajstić information content (AvgIpc) is 3.50. The molecule has 0 unspecified atom stereocenters. The first kappa shape index (κ1) is 16.3. The number of aromatic nitrogens is 2. The molecule has 2 heterocycles. The maximum absolute atomic E-state index is 12.6. The monoisotopic (exact) mass is 357 g/mol. The molecule has 5 rings (SSSR count). The molecule has 136 valence electrons. The smallest absolute Gasteiger partial charge is 0.225 e. The van der Waals surface area contributed by atoms with Crippen molar-refractivity contribution in [2.45, 2.75) is 31.7 Å². The molecule has 1 aliphatic carbocycles. The molecule has 1 saturated carbocycles. The van der Waals surface area contributed by atoms with E-state index in [4.69, 9.17) is 5.10 Å². The van der Waals surface area contributed by atoms with Gasteiger partial charge in [-0.25, -0.2) is 0 Å². The van der Waals surface area contributed by atoms with E-state index in [9.17, 15) is 4.79 Å². The molecule has 0 spiro atoms. The lowest BCUT2D eigenvalue weighted by Gasteiger charge is -2.28. The number of carbonyl (C=O) groups is 1. The van der Waals surface area contributed by atoms with Gasteiger partial charge in [-0.3, -0.25) is 9.89 Å². The Hall–Kier alpha value is -2.88. The lowest BCUT2D eigenvalue weighted by molar-refractivity contribution is -0.133. The molecular weight excluding hydrogens is 334 g/mol. The van der Waals surface area contributed by atoms with Gasteiger partial charge in [-0.15, -0.1) is 0 Å². The highest BCUT2D eigenvalue weighted by molar-refractivity contribution is 5.81. The van der Waals surface area contributed by atoms with Gasteiger partial charge in [0.1, 0.15) is 0 Å². The van der Waals surface area contributed by atoms with Gasteiger partial charge in [0.25, 0.3) is 0 Å². The Bertz CT molecular complexity index is 905. The summed E-state index contributed by atoms with van der Waals surface area (Å²) < 4.78 is 0. The van der Waals surface area contributed by atoms with E-state index in [1.165, 1.54) is 22.4 Å². The maximum atomic E-state index is 12.6. The summed E-state index contributed by atoms with van der Waals surface area (Å²) in [5.74, 6) is 0.660. The fraction of sp³-hybridized carbons (Fsp3) is 0.304. The second-order valence-electron chi connectivity index (χ2n) is 7.60. The van der Waals surface area contributed by atoms with Crippen LogP contribution >= 0.6 is 0 Å². The van der Waals surface area contributed by atoms with Crippen LogP contribution in [0.3, 0.4) is 0 Å². The summed E-state index contributed by atoms with van der Waals surface area (Å²) in [4.78, 5) is 14.6. The predicted molar refractivity (Wildman–Crippen MR) is 104 cm³/mol. The van der Waals surface area contributed by atoms with Gasteiger partial charge in [-0.2, -0.15) is 5.10 Å². The maximum Gasteiger partial charge on any atom is 0.225 e. The minimum atomic E-state index is 0.0726. The van der Waals surface area contributed by atoms with Crippen LogP contribution in [0.25, 0.3) is 0 Å². The van der Waals surface area contributed by atoms with Crippen LogP contribution in [0.15, 0.2) is 60.7 Å². The Balaban J connectivity index is 1.56. The molecule has 4 heteroatoms. The molecule has 3 aromatic rings. The Morgan fingerprint density at radius 3 is 2.22 bits per heavy atom. The van der Waals surface area contributed by atoms with E-state index in [1.807, 2.05) is 17.0 Å². The number of hydrogen-bond donors (Lipinski definition) is 1. The van der Waals surface area contributed by atoms with E-state index in [0.717, 1.165) is 31.5 Å². The second-order valence-corrected chi connectivity index (χ2v) is 7.60. The second kappa shape index (κ2) is 6.69. The van der Waals surface area contributed by atoms with Crippen LogP contribution in [-0.4, -0.2) is 27.5 Å². The summed E-state index contributed by atoms with van der Waals surface area (Å²) in [6.07, 6.45) is 2.96. The third-order valence-corrected chi connectivity index (χ3v) is 5.74. The first-order chi connectivity index (χ1) is 13.3. The first-order valence-electron chi connectivity index (χ1n) is 9.76. The number of fused-ring (bicyclic) bond motifs is 1. The molecule has 4 nitrogen and oxygen atoms in total. The number of hydrogen-bond acceptors (Lipinski definition) is 2. The van der Waals surface area contributed by atoms with Crippen LogP contribution in [0.4, 0.5) is 0 Å².